The Morgan fingerprint density at radius 1 is 1.27 bits per heavy atom. The summed E-state index contributed by atoms with van der Waals surface area (Å²) in [5.41, 5.74) is 0. The first-order valence-electron chi connectivity index (χ1n) is 4.29. The summed E-state index contributed by atoms with van der Waals surface area (Å²) in [4.78, 5) is 0. The van der Waals surface area contributed by atoms with Gasteiger partial charge in [-0.15, -0.1) is 0 Å². The molecule has 0 aromatic carbocycles. The molecule has 2 heterocycles. The second-order valence-corrected chi connectivity index (χ2v) is 2.59. The minimum atomic E-state index is -0.280. The lowest BCUT2D eigenvalue weighted by Gasteiger charge is -2.06. The van der Waals surface area contributed by atoms with Gasteiger partial charge in [0.15, 0.2) is 6.29 Å². The highest BCUT2D eigenvalue weighted by Crippen LogP contribution is 2.30. The average molecular weight is 160 g/mol. The maximum absolute atomic E-state index is 9.19. The van der Waals surface area contributed by atoms with Gasteiger partial charge in [0.25, 0.3) is 0 Å². The van der Waals surface area contributed by atoms with Gasteiger partial charge in [0, 0.05) is 5.92 Å². The van der Waals surface area contributed by atoms with Crippen molar-refractivity contribution in [1.29, 1.82) is 0 Å². The molecule has 0 amide bonds. The Balaban J connectivity index is 0.000000281. The van der Waals surface area contributed by atoms with Crippen molar-refractivity contribution in [3.05, 3.63) is 0 Å². The van der Waals surface area contributed by atoms with Gasteiger partial charge in [0.05, 0.1) is 19.3 Å². The Morgan fingerprint density at radius 2 is 2.00 bits per heavy atom. The molecule has 3 nitrogen and oxygen atoms in total. The zero-order chi connectivity index (χ0) is 8.27. The minimum Gasteiger partial charge on any atom is -0.390 e. The summed E-state index contributed by atoms with van der Waals surface area (Å²) < 4.78 is 10.3. The normalized spacial score (nSPS) is 41.2. The van der Waals surface area contributed by atoms with Crippen LogP contribution < -0.4 is 0 Å². The van der Waals surface area contributed by atoms with Gasteiger partial charge in [-0.25, -0.2) is 0 Å². The van der Waals surface area contributed by atoms with E-state index in [1.54, 1.807) is 0 Å². The second kappa shape index (κ2) is 4.04. The van der Waals surface area contributed by atoms with E-state index in [-0.39, 0.29) is 18.3 Å². The molecule has 3 atom stereocenters. The van der Waals surface area contributed by atoms with Gasteiger partial charge in [-0.05, 0) is 6.42 Å². The van der Waals surface area contributed by atoms with Crippen molar-refractivity contribution in [2.75, 3.05) is 13.2 Å². The molecule has 66 valence electrons. The standard InChI is InChI=1S/C6H10O3.C2H6/c7-5-3-9-6-4(5)1-2-8-6;1-2/h4-7H,1-3H2;1-2H3/t4-,5-,6?;/m0./s1. The van der Waals surface area contributed by atoms with Crippen LogP contribution in [0.1, 0.15) is 20.3 Å². The van der Waals surface area contributed by atoms with E-state index >= 15 is 0 Å². The zero-order valence-electron chi connectivity index (χ0n) is 7.12. The number of ether oxygens (including phenoxy) is 2. The van der Waals surface area contributed by atoms with Crippen molar-refractivity contribution in [2.45, 2.75) is 32.7 Å². The summed E-state index contributed by atoms with van der Waals surface area (Å²) in [7, 11) is 0. The lowest BCUT2D eigenvalue weighted by molar-refractivity contribution is -0.0907. The maximum Gasteiger partial charge on any atom is 0.163 e. The van der Waals surface area contributed by atoms with Crippen LogP contribution in [0.5, 0.6) is 0 Å². The van der Waals surface area contributed by atoms with Crippen LogP contribution in [-0.2, 0) is 9.47 Å². The third-order valence-corrected chi connectivity index (χ3v) is 2.01. The highest BCUT2D eigenvalue weighted by atomic mass is 16.7. The van der Waals surface area contributed by atoms with Crippen LogP contribution >= 0.6 is 0 Å². The molecule has 1 N–H and O–H groups in total. The Labute approximate surface area is 67.3 Å². The molecular weight excluding hydrogens is 144 g/mol. The Kier molecular flexibility index (Phi) is 3.30. The van der Waals surface area contributed by atoms with Gasteiger partial charge >= 0.3 is 0 Å². The number of rotatable bonds is 0. The van der Waals surface area contributed by atoms with Crippen LogP contribution in [0.3, 0.4) is 0 Å². The lowest BCUT2D eigenvalue weighted by atomic mass is 10.0. The molecule has 3 heteroatoms. The summed E-state index contributed by atoms with van der Waals surface area (Å²) in [5, 5.41) is 9.19. The largest absolute Gasteiger partial charge is 0.390 e. The van der Waals surface area contributed by atoms with E-state index < -0.39 is 0 Å². The third-order valence-electron chi connectivity index (χ3n) is 2.01. The SMILES string of the molecule is CC.O[C@H]1COC2OCC[C@H]21. The van der Waals surface area contributed by atoms with Crippen LogP contribution in [0.4, 0.5) is 0 Å². The van der Waals surface area contributed by atoms with Crippen LogP contribution in [0.2, 0.25) is 0 Å². The second-order valence-electron chi connectivity index (χ2n) is 2.59. The fourth-order valence-electron chi connectivity index (χ4n) is 1.44. The summed E-state index contributed by atoms with van der Waals surface area (Å²) >= 11 is 0. The number of fused-ring (bicyclic) bond motifs is 1. The predicted octanol–water partition coefficient (Wildman–Crippen LogP) is 0.766. The van der Waals surface area contributed by atoms with Crippen LogP contribution in [-0.4, -0.2) is 30.7 Å². The molecule has 2 fully saturated rings. The van der Waals surface area contributed by atoms with E-state index in [1.165, 1.54) is 0 Å². The number of aliphatic hydroxyl groups excluding tert-OH is 1. The fraction of sp³-hybridized carbons (Fsp3) is 1.00. The van der Waals surface area contributed by atoms with Gasteiger partial charge in [-0.1, -0.05) is 13.8 Å². The first-order chi connectivity index (χ1) is 5.38. The summed E-state index contributed by atoms with van der Waals surface area (Å²) in [5.74, 6) is 0.255. The van der Waals surface area contributed by atoms with E-state index in [0.717, 1.165) is 13.0 Å². The average Bonchev–Trinajstić information content (AvgIpc) is 2.60. The molecule has 11 heavy (non-hydrogen) atoms. The highest BCUT2D eigenvalue weighted by Gasteiger charge is 2.40. The number of hydrogen-bond acceptors (Lipinski definition) is 3. The molecule has 0 bridgehead atoms. The van der Waals surface area contributed by atoms with E-state index in [4.69, 9.17) is 9.47 Å². The Hall–Kier alpha value is -0.120. The fourth-order valence-corrected chi connectivity index (χ4v) is 1.44. The van der Waals surface area contributed by atoms with Crippen molar-refractivity contribution in [1.82, 2.24) is 0 Å². The van der Waals surface area contributed by atoms with Gasteiger partial charge in [0.2, 0.25) is 0 Å². The van der Waals surface area contributed by atoms with Gasteiger partial charge in [-0.2, -0.15) is 0 Å². The summed E-state index contributed by atoms with van der Waals surface area (Å²) in [6.45, 7) is 5.20. The zero-order valence-corrected chi connectivity index (χ0v) is 7.12. The molecular formula is C8H16O3. The third kappa shape index (κ3) is 1.72. The highest BCUT2D eigenvalue weighted by molar-refractivity contribution is 4.81. The molecule has 2 saturated heterocycles. The molecule has 0 spiro atoms. The Bertz CT molecular complexity index is 116. The smallest absolute Gasteiger partial charge is 0.163 e. The minimum absolute atomic E-state index is 0.0972. The molecule has 0 radical (unpaired) electrons. The topological polar surface area (TPSA) is 38.7 Å². The maximum atomic E-state index is 9.19. The van der Waals surface area contributed by atoms with Crippen LogP contribution in [0.25, 0.3) is 0 Å². The van der Waals surface area contributed by atoms with E-state index in [2.05, 4.69) is 0 Å². The molecule has 1 unspecified atom stereocenters. The van der Waals surface area contributed by atoms with Crippen molar-refractivity contribution >= 4 is 0 Å². The predicted molar refractivity (Wildman–Crippen MR) is 41.2 cm³/mol. The molecule has 2 aliphatic heterocycles. The molecule has 2 aliphatic rings. The van der Waals surface area contributed by atoms with Gasteiger partial charge in [-0.3, -0.25) is 0 Å². The molecule has 0 aromatic heterocycles. The van der Waals surface area contributed by atoms with Crippen molar-refractivity contribution in [3.63, 3.8) is 0 Å². The summed E-state index contributed by atoms with van der Waals surface area (Å²) in [6.07, 6.45) is 0.573. The van der Waals surface area contributed by atoms with E-state index in [0.29, 0.717) is 6.61 Å². The lowest BCUT2D eigenvalue weighted by Crippen LogP contribution is -2.18. The van der Waals surface area contributed by atoms with Crippen molar-refractivity contribution in [2.24, 2.45) is 5.92 Å². The van der Waals surface area contributed by atoms with Gasteiger partial charge in [0.1, 0.15) is 0 Å². The quantitative estimate of drug-likeness (QED) is 0.568. The van der Waals surface area contributed by atoms with E-state index in [9.17, 15) is 5.11 Å². The molecule has 0 aromatic rings. The van der Waals surface area contributed by atoms with Crippen LogP contribution in [0, 0.1) is 5.92 Å². The van der Waals surface area contributed by atoms with E-state index in [1.807, 2.05) is 13.8 Å². The molecule has 0 saturated carbocycles. The first kappa shape index (κ1) is 8.97. The molecule has 2 rings (SSSR count). The first-order valence-corrected chi connectivity index (χ1v) is 4.29. The van der Waals surface area contributed by atoms with Crippen molar-refractivity contribution in [3.8, 4) is 0 Å². The Morgan fingerprint density at radius 3 is 2.64 bits per heavy atom. The monoisotopic (exact) mass is 160 g/mol. The van der Waals surface area contributed by atoms with Crippen LogP contribution in [0.15, 0.2) is 0 Å². The molecule has 0 aliphatic carbocycles. The number of aliphatic hydroxyl groups is 1. The van der Waals surface area contributed by atoms with Crippen molar-refractivity contribution < 1.29 is 14.6 Å². The summed E-state index contributed by atoms with van der Waals surface area (Å²) in [6, 6.07) is 0. The number of hydrogen-bond donors (Lipinski definition) is 1. The van der Waals surface area contributed by atoms with Gasteiger partial charge < -0.3 is 14.6 Å².